The molecule has 108 valence electrons. The van der Waals surface area contributed by atoms with Crippen LogP contribution in [0.25, 0.3) is 10.7 Å². The summed E-state index contributed by atoms with van der Waals surface area (Å²) in [6.07, 6.45) is 0. The van der Waals surface area contributed by atoms with Crippen LogP contribution < -0.4 is 0 Å². The molecule has 2 heterocycles. The van der Waals surface area contributed by atoms with Crippen molar-refractivity contribution in [3.05, 3.63) is 5.69 Å². The van der Waals surface area contributed by atoms with Crippen molar-refractivity contribution in [1.29, 1.82) is 0 Å². The highest BCUT2D eigenvalue weighted by Crippen LogP contribution is 2.32. The SMILES string of the molecule is Cc1nnsc1-c1nnc(SCC(=O)O)n1C(C)(C)C. The molecule has 2 aromatic heterocycles. The molecule has 0 aliphatic rings. The average Bonchev–Trinajstić information content (AvgIpc) is 2.90. The number of aliphatic carboxylic acids is 1. The Bertz CT molecular complexity index is 629. The minimum absolute atomic E-state index is 0.0475. The summed E-state index contributed by atoms with van der Waals surface area (Å²) in [5.74, 6) is -0.248. The van der Waals surface area contributed by atoms with E-state index in [1.54, 1.807) is 0 Å². The number of carboxylic acid groups (broad SMARTS) is 1. The summed E-state index contributed by atoms with van der Waals surface area (Å²) in [7, 11) is 0. The third-order valence-corrected chi connectivity index (χ3v) is 4.22. The van der Waals surface area contributed by atoms with E-state index in [0.717, 1.165) is 22.3 Å². The molecule has 7 nitrogen and oxygen atoms in total. The number of carboxylic acids is 1. The number of nitrogens with zero attached hydrogens (tertiary/aromatic N) is 5. The molecule has 2 aromatic rings. The molecule has 9 heteroatoms. The zero-order valence-electron chi connectivity index (χ0n) is 11.6. The topological polar surface area (TPSA) is 93.8 Å². The van der Waals surface area contributed by atoms with Crippen LogP contribution in [0.15, 0.2) is 5.16 Å². The first kappa shape index (κ1) is 14.9. The van der Waals surface area contributed by atoms with Gasteiger partial charge in [0.25, 0.3) is 0 Å². The van der Waals surface area contributed by atoms with Gasteiger partial charge in [-0.05, 0) is 39.2 Å². The highest BCUT2D eigenvalue weighted by atomic mass is 32.2. The number of aryl methyl sites for hydroxylation is 1. The predicted molar refractivity (Wildman–Crippen MR) is 77.0 cm³/mol. The van der Waals surface area contributed by atoms with Crippen LogP contribution in [-0.2, 0) is 10.3 Å². The first-order valence-corrected chi connectivity index (χ1v) is 7.66. The minimum Gasteiger partial charge on any atom is -0.481 e. The Morgan fingerprint density at radius 3 is 2.55 bits per heavy atom. The molecule has 0 saturated heterocycles. The van der Waals surface area contributed by atoms with Crippen LogP contribution in [0.4, 0.5) is 0 Å². The Hall–Kier alpha value is -1.48. The molecule has 0 unspecified atom stereocenters. The van der Waals surface area contributed by atoms with Crippen molar-refractivity contribution in [3.8, 4) is 10.7 Å². The summed E-state index contributed by atoms with van der Waals surface area (Å²) in [5.41, 5.74) is 0.526. The van der Waals surface area contributed by atoms with E-state index < -0.39 is 5.97 Å². The van der Waals surface area contributed by atoms with Crippen LogP contribution in [0.3, 0.4) is 0 Å². The van der Waals surface area contributed by atoms with Gasteiger partial charge >= 0.3 is 5.97 Å². The monoisotopic (exact) mass is 313 g/mol. The van der Waals surface area contributed by atoms with Gasteiger partial charge in [-0.2, -0.15) is 0 Å². The standard InChI is InChI=1S/C11H15N5O2S2/c1-6-8(20-15-12-6)9-13-14-10(19-5-7(17)18)16(9)11(2,3)4/h5H2,1-4H3,(H,17,18). The maximum Gasteiger partial charge on any atom is 0.313 e. The van der Waals surface area contributed by atoms with Crippen LogP contribution in [0.2, 0.25) is 0 Å². The molecule has 0 fully saturated rings. The number of aromatic nitrogens is 5. The van der Waals surface area contributed by atoms with Crippen molar-refractivity contribution >= 4 is 29.3 Å². The number of hydrogen-bond acceptors (Lipinski definition) is 7. The maximum atomic E-state index is 10.7. The van der Waals surface area contributed by atoms with Crippen molar-refractivity contribution in [1.82, 2.24) is 24.4 Å². The lowest BCUT2D eigenvalue weighted by atomic mass is 10.1. The van der Waals surface area contributed by atoms with Gasteiger partial charge in [-0.25, -0.2) is 0 Å². The van der Waals surface area contributed by atoms with Gasteiger partial charge in [0.05, 0.1) is 11.4 Å². The first-order valence-electron chi connectivity index (χ1n) is 5.90. The smallest absolute Gasteiger partial charge is 0.313 e. The average molecular weight is 313 g/mol. The molecule has 2 rings (SSSR count). The quantitative estimate of drug-likeness (QED) is 0.863. The van der Waals surface area contributed by atoms with Crippen molar-refractivity contribution in [2.24, 2.45) is 0 Å². The highest BCUT2D eigenvalue weighted by molar-refractivity contribution is 7.99. The molecule has 0 aromatic carbocycles. The Labute approximate surface area is 124 Å². The molecule has 0 amide bonds. The van der Waals surface area contributed by atoms with Gasteiger partial charge in [-0.3, -0.25) is 9.36 Å². The second-order valence-corrected chi connectivity index (χ2v) is 6.88. The molecule has 0 saturated carbocycles. The molecule has 0 aliphatic carbocycles. The fourth-order valence-electron chi connectivity index (χ4n) is 1.68. The molecule has 0 radical (unpaired) electrons. The van der Waals surface area contributed by atoms with E-state index in [-0.39, 0.29) is 11.3 Å². The molecule has 0 atom stereocenters. The molecular weight excluding hydrogens is 298 g/mol. The second kappa shape index (κ2) is 5.49. The molecule has 0 bridgehead atoms. The first-order chi connectivity index (χ1) is 9.30. The zero-order valence-corrected chi connectivity index (χ0v) is 13.2. The van der Waals surface area contributed by atoms with Gasteiger partial charge < -0.3 is 5.11 Å². The van der Waals surface area contributed by atoms with Crippen molar-refractivity contribution in [2.75, 3.05) is 5.75 Å². The Balaban J connectivity index is 2.49. The zero-order chi connectivity index (χ0) is 14.9. The maximum absolute atomic E-state index is 10.7. The highest BCUT2D eigenvalue weighted by Gasteiger charge is 2.26. The number of carbonyl (C=O) groups is 1. The van der Waals surface area contributed by atoms with E-state index in [4.69, 9.17) is 5.11 Å². The summed E-state index contributed by atoms with van der Waals surface area (Å²) >= 11 is 2.42. The van der Waals surface area contributed by atoms with Crippen LogP contribution in [0.1, 0.15) is 26.5 Å². The molecule has 0 spiro atoms. The lowest BCUT2D eigenvalue weighted by Crippen LogP contribution is -2.24. The summed E-state index contributed by atoms with van der Waals surface area (Å²) in [5, 5.41) is 21.7. The summed E-state index contributed by atoms with van der Waals surface area (Å²) in [4.78, 5) is 11.6. The predicted octanol–water partition coefficient (Wildman–Crippen LogP) is 2.04. The molecule has 1 N–H and O–H groups in total. The number of hydrogen-bond donors (Lipinski definition) is 1. The van der Waals surface area contributed by atoms with Gasteiger partial charge in [0.2, 0.25) is 0 Å². The van der Waals surface area contributed by atoms with E-state index >= 15 is 0 Å². The van der Waals surface area contributed by atoms with E-state index in [1.807, 2.05) is 32.3 Å². The van der Waals surface area contributed by atoms with E-state index in [9.17, 15) is 4.79 Å². The third kappa shape index (κ3) is 2.98. The van der Waals surface area contributed by atoms with Gasteiger partial charge in [0, 0.05) is 5.54 Å². The van der Waals surface area contributed by atoms with Crippen LogP contribution in [0, 0.1) is 6.92 Å². The Morgan fingerprint density at radius 1 is 1.35 bits per heavy atom. The molecule has 20 heavy (non-hydrogen) atoms. The molecule has 0 aliphatic heterocycles. The van der Waals surface area contributed by atoms with Crippen LogP contribution in [-0.4, -0.2) is 41.2 Å². The van der Waals surface area contributed by atoms with Crippen molar-refractivity contribution in [3.63, 3.8) is 0 Å². The largest absolute Gasteiger partial charge is 0.481 e. The fourth-order valence-corrected chi connectivity index (χ4v) is 3.15. The Kier molecular flexibility index (Phi) is 4.09. The summed E-state index contributed by atoms with van der Waals surface area (Å²) < 4.78 is 5.85. The minimum atomic E-state index is -0.879. The fraction of sp³-hybridized carbons (Fsp3) is 0.545. The molecular formula is C11H15N5O2S2. The summed E-state index contributed by atoms with van der Waals surface area (Å²) in [6, 6.07) is 0. The van der Waals surface area contributed by atoms with Gasteiger partial charge in [0.1, 0.15) is 4.88 Å². The second-order valence-electron chi connectivity index (χ2n) is 5.18. The Morgan fingerprint density at radius 2 is 2.05 bits per heavy atom. The van der Waals surface area contributed by atoms with Gasteiger partial charge in [0.15, 0.2) is 11.0 Å². The lowest BCUT2D eigenvalue weighted by Gasteiger charge is -2.24. The van der Waals surface area contributed by atoms with Crippen LogP contribution in [0.5, 0.6) is 0 Å². The van der Waals surface area contributed by atoms with Gasteiger partial charge in [-0.1, -0.05) is 16.3 Å². The summed E-state index contributed by atoms with van der Waals surface area (Å²) in [6.45, 7) is 7.93. The van der Waals surface area contributed by atoms with Crippen molar-refractivity contribution < 1.29 is 9.90 Å². The third-order valence-electron chi connectivity index (χ3n) is 2.48. The van der Waals surface area contributed by atoms with Gasteiger partial charge in [-0.15, -0.1) is 15.3 Å². The van der Waals surface area contributed by atoms with E-state index in [1.165, 1.54) is 11.5 Å². The number of rotatable bonds is 4. The van der Waals surface area contributed by atoms with Crippen LogP contribution >= 0.6 is 23.3 Å². The lowest BCUT2D eigenvalue weighted by molar-refractivity contribution is -0.133. The normalized spacial score (nSPS) is 11.8. The van der Waals surface area contributed by atoms with E-state index in [2.05, 4.69) is 19.8 Å². The number of thioether (sulfide) groups is 1. The van der Waals surface area contributed by atoms with E-state index in [0.29, 0.717) is 11.0 Å². The van der Waals surface area contributed by atoms with Crippen molar-refractivity contribution in [2.45, 2.75) is 38.4 Å².